The Morgan fingerprint density at radius 2 is 2.00 bits per heavy atom. The predicted molar refractivity (Wildman–Crippen MR) is 78.7 cm³/mol. The minimum atomic E-state index is -0.350. The van der Waals surface area contributed by atoms with Crippen molar-refractivity contribution in [2.45, 2.75) is 57.9 Å². The Morgan fingerprint density at radius 3 is 2.70 bits per heavy atom. The first kappa shape index (κ1) is 15.4. The summed E-state index contributed by atoms with van der Waals surface area (Å²) in [5.41, 5.74) is 0.497. The van der Waals surface area contributed by atoms with Crippen LogP contribution < -0.4 is 5.32 Å². The van der Waals surface area contributed by atoms with Gasteiger partial charge >= 0.3 is 0 Å². The molecule has 1 saturated carbocycles. The van der Waals surface area contributed by atoms with Gasteiger partial charge in [-0.2, -0.15) is 0 Å². The van der Waals surface area contributed by atoms with Crippen LogP contribution in [0.3, 0.4) is 0 Å². The lowest BCUT2D eigenvalue weighted by Crippen LogP contribution is -2.33. The predicted octanol–water partition coefficient (Wildman–Crippen LogP) is 4.46. The van der Waals surface area contributed by atoms with E-state index < -0.39 is 0 Å². The summed E-state index contributed by atoms with van der Waals surface area (Å²) in [5.74, 6) is 0.110. The molecule has 3 heteroatoms. The lowest BCUT2D eigenvalue weighted by Gasteiger charge is -2.22. The van der Waals surface area contributed by atoms with Gasteiger partial charge in [0.2, 0.25) is 0 Å². The molecule has 0 amide bonds. The summed E-state index contributed by atoms with van der Waals surface area (Å²) in [5, 5.41) is 3.50. The summed E-state index contributed by atoms with van der Waals surface area (Å²) in [6.07, 6.45) is 7.94. The summed E-state index contributed by atoms with van der Waals surface area (Å²) in [6.45, 7) is 3.07. The van der Waals surface area contributed by atoms with Gasteiger partial charge in [-0.3, -0.25) is 0 Å². The Labute approximate surface area is 120 Å². The van der Waals surface area contributed by atoms with E-state index in [9.17, 15) is 8.78 Å². The molecule has 0 spiro atoms. The van der Waals surface area contributed by atoms with Crippen molar-refractivity contribution in [3.8, 4) is 0 Å². The molecule has 0 radical (unpaired) electrons. The van der Waals surface area contributed by atoms with Crippen LogP contribution in [0.15, 0.2) is 18.2 Å². The molecule has 20 heavy (non-hydrogen) atoms. The van der Waals surface area contributed by atoms with Gasteiger partial charge in [-0.25, -0.2) is 8.78 Å². The van der Waals surface area contributed by atoms with Gasteiger partial charge in [0.05, 0.1) is 0 Å². The highest BCUT2D eigenvalue weighted by molar-refractivity contribution is 5.19. The summed E-state index contributed by atoms with van der Waals surface area (Å²) >= 11 is 0. The molecule has 1 aliphatic rings. The van der Waals surface area contributed by atoms with E-state index in [1.54, 1.807) is 0 Å². The molecule has 0 heterocycles. The Hall–Kier alpha value is -0.960. The molecule has 0 aromatic heterocycles. The maximum atomic E-state index is 13.8. The molecular weight excluding hydrogens is 256 g/mol. The fourth-order valence-corrected chi connectivity index (χ4v) is 3.20. The first-order chi connectivity index (χ1) is 9.69. The maximum absolute atomic E-state index is 13.8. The average molecular weight is 281 g/mol. The molecule has 1 unspecified atom stereocenters. The second-order valence-electron chi connectivity index (χ2n) is 5.98. The van der Waals surface area contributed by atoms with Crippen LogP contribution >= 0.6 is 0 Å². The van der Waals surface area contributed by atoms with Crippen LogP contribution in [0.5, 0.6) is 0 Å². The third kappa shape index (κ3) is 4.55. The van der Waals surface area contributed by atoms with Crippen molar-refractivity contribution < 1.29 is 8.78 Å². The normalized spacial score (nSPS) is 17.6. The maximum Gasteiger partial charge on any atom is 0.126 e. The van der Waals surface area contributed by atoms with E-state index in [2.05, 4.69) is 12.2 Å². The second kappa shape index (κ2) is 7.72. The molecule has 0 bridgehead atoms. The molecule has 112 valence electrons. The molecule has 1 N–H and O–H groups in total. The van der Waals surface area contributed by atoms with Crippen molar-refractivity contribution in [3.63, 3.8) is 0 Å². The quantitative estimate of drug-likeness (QED) is 0.778. The summed E-state index contributed by atoms with van der Waals surface area (Å²) in [7, 11) is 0. The van der Waals surface area contributed by atoms with Crippen molar-refractivity contribution >= 4 is 0 Å². The van der Waals surface area contributed by atoms with Crippen molar-refractivity contribution in [1.82, 2.24) is 5.32 Å². The van der Waals surface area contributed by atoms with Gasteiger partial charge in [-0.15, -0.1) is 0 Å². The van der Waals surface area contributed by atoms with Crippen LogP contribution in [0.1, 0.15) is 51.0 Å². The zero-order valence-electron chi connectivity index (χ0n) is 12.3. The van der Waals surface area contributed by atoms with Crippen molar-refractivity contribution in [2.24, 2.45) is 5.92 Å². The summed E-state index contributed by atoms with van der Waals surface area (Å²) in [4.78, 5) is 0. The van der Waals surface area contributed by atoms with Crippen LogP contribution in [0.2, 0.25) is 0 Å². The fourth-order valence-electron chi connectivity index (χ4n) is 3.20. The van der Waals surface area contributed by atoms with E-state index in [4.69, 9.17) is 0 Å². The minimum Gasteiger partial charge on any atom is -0.314 e. The van der Waals surface area contributed by atoms with Crippen LogP contribution in [-0.2, 0) is 6.42 Å². The molecule has 1 atom stereocenters. The number of hydrogen-bond donors (Lipinski definition) is 1. The topological polar surface area (TPSA) is 12.0 Å². The monoisotopic (exact) mass is 281 g/mol. The molecule has 0 saturated heterocycles. The number of nitrogens with one attached hydrogen (secondary N) is 1. The molecule has 1 aromatic carbocycles. The zero-order chi connectivity index (χ0) is 14.4. The molecule has 2 rings (SSSR count). The number of halogens is 2. The van der Waals surface area contributed by atoms with E-state index >= 15 is 0 Å². The number of benzene rings is 1. The fraction of sp³-hybridized carbons (Fsp3) is 0.647. The molecule has 1 fully saturated rings. The first-order valence-corrected chi connectivity index (χ1v) is 7.86. The van der Waals surface area contributed by atoms with Gasteiger partial charge in [0.15, 0.2) is 0 Å². The number of hydrogen-bond acceptors (Lipinski definition) is 1. The Kier molecular flexibility index (Phi) is 5.96. The summed E-state index contributed by atoms with van der Waals surface area (Å²) < 4.78 is 27.0. The van der Waals surface area contributed by atoms with E-state index in [1.807, 2.05) is 0 Å². The third-order valence-corrected chi connectivity index (χ3v) is 4.25. The highest BCUT2D eigenvalue weighted by Crippen LogP contribution is 2.29. The molecule has 0 aliphatic heterocycles. The number of rotatable bonds is 7. The largest absolute Gasteiger partial charge is 0.314 e. The molecular formula is C17H25F2N. The van der Waals surface area contributed by atoms with E-state index in [-0.39, 0.29) is 17.7 Å². The Balaban J connectivity index is 1.99. The second-order valence-corrected chi connectivity index (χ2v) is 5.98. The van der Waals surface area contributed by atoms with Gasteiger partial charge in [0.1, 0.15) is 11.6 Å². The van der Waals surface area contributed by atoms with Gasteiger partial charge in [-0.1, -0.05) is 32.6 Å². The molecule has 1 nitrogen and oxygen atoms in total. The zero-order valence-corrected chi connectivity index (χ0v) is 12.3. The Bertz CT molecular complexity index is 413. The van der Waals surface area contributed by atoms with Gasteiger partial charge in [0, 0.05) is 6.04 Å². The Morgan fingerprint density at radius 1 is 1.25 bits per heavy atom. The standard InChI is InChI=1S/C17H25F2N/c1-2-9-20-16(10-13-5-3-4-6-13)12-14-11-15(18)7-8-17(14)19/h7-8,11,13,16,20H,2-6,9-10,12H2,1H3. The van der Waals surface area contributed by atoms with E-state index in [0.717, 1.165) is 25.3 Å². The van der Waals surface area contributed by atoms with Crippen LogP contribution in [0.4, 0.5) is 8.78 Å². The van der Waals surface area contributed by atoms with Gasteiger partial charge in [-0.05, 0) is 55.5 Å². The average Bonchev–Trinajstić information content (AvgIpc) is 2.93. The SMILES string of the molecule is CCCNC(Cc1cc(F)ccc1F)CC1CCCC1. The van der Waals surface area contributed by atoms with Crippen LogP contribution in [0.25, 0.3) is 0 Å². The first-order valence-electron chi connectivity index (χ1n) is 7.86. The lowest BCUT2D eigenvalue weighted by atomic mass is 9.93. The van der Waals surface area contributed by atoms with Gasteiger partial charge < -0.3 is 5.32 Å². The summed E-state index contributed by atoms with van der Waals surface area (Å²) in [6, 6.07) is 4.01. The van der Waals surface area contributed by atoms with Crippen LogP contribution in [0, 0.1) is 17.6 Å². The lowest BCUT2D eigenvalue weighted by molar-refractivity contribution is 0.381. The van der Waals surface area contributed by atoms with Crippen LogP contribution in [-0.4, -0.2) is 12.6 Å². The minimum absolute atomic E-state index is 0.259. The van der Waals surface area contributed by atoms with Crippen molar-refractivity contribution in [2.75, 3.05) is 6.54 Å². The highest BCUT2D eigenvalue weighted by atomic mass is 19.1. The van der Waals surface area contributed by atoms with Gasteiger partial charge in [0.25, 0.3) is 0 Å². The highest BCUT2D eigenvalue weighted by Gasteiger charge is 2.21. The van der Waals surface area contributed by atoms with Crippen molar-refractivity contribution in [3.05, 3.63) is 35.4 Å². The van der Waals surface area contributed by atoms with Crippen molar-refractivity contribution in [1.29, 1.82) is 0 Å². The van der Waals surface area contributed by atoms with E-state index in [0.29, 0.717) is 12.0 Å². The third-order valence-electron chi connectivity index (χ3n) is 4.25. The van der Waals surface area contributed by atoms with E-state index in [1.165, 1.54) is 43.9 Å². The molecule has 1 aliphatic carbocycles. The smallest absolute Gasteiger partial charge is 0.126 e. The molecule has 1 aromatic rings.